The lowest BCUT2D eigenvalue weighted by atomic mass is 10.1. The predicted octanol–water partition coefficient (Wildman–Crippen LogP) is 0.312. The maximum Gasteiger partial charge on any atom is 0.267 e. The number of hydrogen-bond acceptors (Lipinski definition) is 4. The van der Waals surface area contributed by atoms with Gasteiger partial charge in [0.25, 0.3) is 5.91 Å². The third-order valence-electron chi connectivity index (χ3n) is 3.94. The highest BCUT2D eigenvalue weighted by molar-refractivity contribution is 6.39. The number of nitrogens with one attached hydrogen (secondary N) is 1. The Morgan fingerprint density at radius 1 is 1.43 bits per heavy atom. The maximum absolute atomic E-state index is 12.3. The van der Waals surface area contributed by atoms with Gasteiger partial charge in [-0.1, -0.05) is 0 Å². The van der Waals surface area contributed by atoms with Crippen molar-refractivity contribution in [3.8, 4) is 0 Å². The number of hydrogen-bond donors (Lipinski definition) is 1. The summed E-state index contributed by atoms with van der Waals surface area (Å²) in [5.41, 5.74) is 0.452. The van der Waals surface area contributed by atoms with Crippen LogP contribution in [0.5, 0.6) is 0 Å². The Balaban J connectivity index is 1.63. The van der Waals surface area contributed by atoms with Crippen molar-refractivity contribution in [1.29, 1.82) is 0 Å². The lowest BCUT2D eigenvalue weighted by Crippen LogP contribution is -2.46. The van der Waals surface area contributed by atoms with Crippen LogP contribution < -0.4 is 5.32 Å². The van der Waals surface area contributed by atoms with Crippen LogP contribution in [-0.4, -0.2) is 44.7 Å². The third-order valence-corrected chi connectivity index (χ3v) is 3.94. The molecule has 0 aliphatic carbocycles. The van der Waals surface area contributed by atoms with E-state index in [0.29, 0.717) is 25.1 Å². The number of amides is 2. The molecular weight excluding hydrogens is 270 g/mol. The van der Waals surface area contributed by atoms with Gasteiger partial charge < -0.3 is 9.88 Å². The summed E-state index contributed by atoms with van der Waals surface area (Å²) in [7, 11) is 0. The van der Waals surface area contributed by atoms with E-state index in [4.69, 9.17) is 0 Å². The molecule has 0 saturated heterocycles. The van der Waals surface area contributed by atoms with Gasteiger partial charge in [-0.2, -0.15) is 5.10 Å². The number of hydrazone groups is 1. The molecule has 2 aliphatic heterocycles. The second kappa shape index (κ2) is 5.67. The predicted molar refractivity (Wildman–Crippen MR) is 76.5 cm³/mol. The number of carbonyl (C=O) groups excluding carboxylic acids is 2. The summed E-state index contributed by atoms with van der Waals surface area (Å²) in [4.78, 5) is 28.1. The molecule has 1 atom stereocenters. The van der Waals surface area contributed by atoms with Crippen molar-refractivity contribution in [2.45, 2.75) is 45.2 Å². The zero-order valence-electron chi connectivity index (χ0n) is 12.1. The van der Waals surface area contributed by atoms with Crippen LogP contribution >= 0.6 is 0 Å². The number of fused-ring (bicyclic) bond motifs is 1. The molecule has 0 radical (unpaired) electrons. The van der Waals surface area contributed by atoms with Crippen molar-refractivity contribution in [3.63, 3.8) is 0 Å². The molecule has 1 N–H and O–H groups in total. The van der Waals surface area contributed by atoms with Crippen LogP contribution in [0.2, 0.25) is 0 Å². The van der Waals surface area contributed by atoms with Gasteiger partial charge >= 0.3 is 0 Å². The fourth-order valence-electron chi connectivity index (χ4n) is 2.76. The van der Waals surface area contributed by atoms with E-state index >= 15 is 0 Å². The first kappa shape index (κ1) is 13.8. The average Bonchev–Trinajstić information content (AvgIpc) is 2.95. The molecule has 21 heavy (non-hydrogen) atoms. The van der Waals surface area contributed by atoms with E-state index in [1.807, 2.05) is 13.1 Å². The van der Waals surface area contributed by atoms with E-state index < -0.39 is 0 Å². The normalized spacial score (nSPS) is 21.8. The summed E-state index contributed by atoms with van der Waals surface area (Å²) in [6.07, 6.45) is 6.25. The van der Waals surface area contributed by atoms with Gasteiger partial charge in [-0.3, -0.25) is 9.59 Å². The zero-order valence-corrected chi connectivity index (χ0v) is 12.1. The van der Waals surface area contributed by atoms with Crippen LogP contribution in [0.1, 0.15) is 32.0 Å². The standard InChI is InChI=1S/C14H19N5O2/c1-2-19-13(20)6-4-11(17-19)14(21)16-10-3-5-12-15-7-8-18(12)9-10/h7-8,10H,2-6,9H2,1H3,(H,16,21). The highest BCUT2D eigenvalue weighted by Crippen LogP contribution is 2.14. The van der Waals surface area contributed by atoms with Gasteiger partial charge in [-0.15, -0.1) is 0 Å². The summed E-state index contributed by atoms with van der Waals surface area (Å²) < 4.78 is 2.07. The molecule has 7 nitrogen and oxygen atoms in total. The molecule has 3 heterocycles. The van der Waals surface area contributed by atoms with Crippen LogP contribution in [-0.2, 0) is 22.6 Å². The topological polar surface area (TPSA) is 79.6 Å². The molecule has 112 valence electrons. The minimum absolute atomic E-state index is 0.0187. The summed E-state index contributed by atoms with van der Waals surface area (Å²) in [6.45, 7) is 3.09. The molecule has 1 unspecified atom stereocenters. The van der Waals surface area contributed by atoms with Crippen molar-refractivity contribution in [1.82, 2.24) is 19.9 Å². The van der Waals surface area contributed by atoms with Crippen molar-refractivity contribution in [2.75, 3.05) is 6.54 Å². The first-order valence-electron chi connectivity index (χ1n) is 7.36. The fourth-order valence-corrected chi connectivity index (χ4v) is 2.76. The van der Waals surface area contributed by atoms with Crippen LogP contribution in [0, 0.1) is 0 Å². The lowest BCUT2D eigenvalue weighted by Gasteiger charge is -2.26. The quantitative estimate of drug-likeness (QED) is 0.870. The number of aromatic nitrogens is 2. The monoisotopic (exact) mass is 289 g/mol. The summed E-state index contributed by atoms with van der Waals surface area (Å²) in [6, 6.07) is 0.0922. The molecule has 0 fully saturated rings. The second-order valence-electron chi connectivity index (χ2n) is 5.36. The van der Waals surface area contributed by atoms with Gasteiger partial charge in [-0.05, 0) is 13.3 Å². The molecule has 3 rings (SSSR count). The zero-order chi connectivity index (χ0) is 14.8. The second-order valence-corrected chi connectivity index (χ2v) is 5.36. The van der Waals surface area contributed by atoms with Crippen LogP contribution in [0.25, 0.3) is 0 Å². The van der Waals surface area contributed by atoms with Crippen LogP contribution in [0.3, 0.4) is 0 Å². The number of carbonyl (C=O) groups is 2. The average molecular weight is 289 g/mol. The van der Waals surface area contributed by atoms with Gasteiger partial charge in [-0.25, -0.2) is 9.99 Å². The Morgan fingerprint density at radius 3 is 3.10 bits per heavy atom. The molecule has 7 heteroatoms. The summed E-state index contributed by atoms with van der Waals surface area (Å²) in [5, 5.41) is 8.54. The Morgan fingerprint density at radius 2 is 2.29 bits per heavy atom. The molecular formula is C14H19N5O2. The van der Waals surface area contributed by atoms with Crippen molar-refractivity contribution in [2.24, 2.45) is 5.10 Å². The maximum atomic E-state index is 12.3. The largest absolute Gasteiger partial charge is 0.346 e. The van der Waals surface area contributed by atoms with Crippen LogP contribution in [0.4, 0.5) is 0 Å². The van der Waals surface area contributed by atoms with E-state index in [2.05, 4.69) is 20.0 Å². The number of aryl methyl sites for hydroxylation is 1. The molecule has 2 aliphatic rings. The van der Waals surface area contributed by atoms with Gasteiger partial charge in [0.15, 0.2) is 0 Å². The summed E-state index contributed by atoms with van der Waals surface area (Å²) >= 11 is 0. The van der Waals surface area contributed by atoms with E-state index in [1.165, 1.54) is 5.01 Å². The number of nitrogens with zero attached hydrogens (tertiary/aromatic N) is 4. The Bertz CT molecular complexity index is 592. The highest BCUT2D eigenvalue weighted by Gasteiger charge is 2.26. The Labute approximate surface area is 123 Å². The molecule has 0 spiro atoms. The highest BCUT2D eigenvalue weighted by atomic mass is 16.2. The smallest absolute Gasteiger partial charge is 0.267 e. The first-order valence-corrected chi connectivity index (χ1v) is 7.36. The van der Waals surface area contributed by atoms with E-state index in [-0.39, 0.29) is 17.9 Å². The van der Waals surface area contributed by atoms with Crippen molar-refractivity contribution < 1.29 is 9.59 Å². The van der Waals surface area contributed by atoms with E-state index in [0.717, 1.165) is 25.2 Å². The molecule has 1 aromatic heterocycles. The molecule has 1 aromatic rings. The molecule has 2 amide bonds. The fraction of sp³-hybridized carbons (Fsp3) is 0.571. The summed E-state index contributed by atoms with van der Waals surface area (Å²) in [5.74, 6) is 0.891. The molecule has 0 aromatic carbocycles. The minimum Gasteiger partial charge on any atom is -0.346 e. The third kappa shape index (κ3) is 2.81. The Hall–Kier alpha value is -2.18. The minimum atomic E-state index is -0.158. The SMILES string of the molecule is CCN1N=C(C(=O)NC2CCc3nccn3C2)CCC1=O. The van der Waals surface area contributed by atoms with E-state index in [1.54, 1.807) is 6.20 Å². The van der Waals surface area contributed by atoms with Gasteiger partial charge in [0.05, 0.1) is 0 Å². The number of rotatable bonds is 3. The lowest BCUT2D eigenvalue weighted by molar-refractivity contribution is -0.131. The Kier molecular flexibility index (Phi) is 3.72. The van der Waals surface area contributed by atoms with Crippen molar-refractivity contribution in [3.05, 3.63) is 18.2 Å². The number of imidazole rings is 1. The van der Waals surface area contributed by atoms with Crippen LogP contribution in [0.15, 0.2) is 17.5 Å². The van der Waals surface area contributed by atoms with Gasteiger partial charge in [0.2, 0.25) is 5.91 Å². The van der Waals surface area contributed by atoms with Gasteiger partial charge in [0, 0.05) is 50.8 Å². The molecule has 0 saturated carbocycles. The first-order chi connectivity index (χ1) is 10.2. The van der Waals surface area contributed by atoms with E-state index in [9.17, 15) is 9.59 Å². The molecule has 0 bridgehead atoms. The van der Waals surface area contributed by atoms with Gasteiger partial charge in [0.1, 0.15) is 11.5 Å². The van der Waals surface area contributed by atoms with Crippen molar-refractivity contribution >= 4 is 17.5 Å².